The number of nitrogens with zero attached hydrogens (tertiary/aromatic N) is 1. The van der Waals surface area contributed by atoms with E-state index in [1.54, 1.807) is 35.2 Å². The third kappa shape index (κ3) is 6.22. The normalized spacial score (nSPS) is 16.7. The first-order valence-electron chi connectivity index (χ1n) is 9.52. The van der Waals surface area contributed by atoms with Crippen molar-refractivity contribution in [2.45, 2.75) is 31.8 Å². The van der Waals surface area contributed by atoms with Crippen LogP contribution in [0.15, 0.2) is 41.0 Å². The third-order valence-corrected chi connectivity index (χ3v) is 5.45. The molecule has 3 N–H and O–H groups in total. The molecule has 10 heteroatoms. The van der Waals surface area contributed by atoms with E-state index in [2.05, 4.69) is 16.0 Å². The molecule has 1 aliphatic heterocycles. The van der Waals surface area contributed by atoms with Crippen molar-refractivity contribution >= 4 is 46.7 Å². The zero-order valence-electron chi connectivity index (χ0n) is 16.1. The molecule has 1 aromatic carbocycles. The maximum absolute atomic E-state index is 12.8. The number of furan rings is 1. The third-order valence-electron chi connectivity index (χ3n) is 4.71. The minimum Gasteiger partial charge on any atom is -0.467 e. The molecular formula is C20H22Cl2N4O4. The number of piperidine rings is 1. The monoisotopic (exact) mass is 452 g/mol. The van der Waals surface area contributed by atoms with Gasteiger partial charge < -0.3 is 15.1 Å². The molecule has 2 aromatic rings. The smallest absolute Gasteiger partial charge is 0.321 e. The van der Waals surface area contributed by atoms with Crippen molar-refractivity contribution in [3.63, 3.8) is 0 Å². The minimum absolute atomic E-state index is 0.0619. The fourth-order valence-electron chi connectivity index (χ4n) is 3.25. The number of hydrogen-bond acceptors (Lipinski definition) is 5. The van der Waals surface area contributed by atoms with E-state index in [-0.39, 0.29) is 19.0 Å². The summed E-state index contributed by atoms with van der Waals surface area (Å²) in [7, 11) is 0. The molecular weight excluding hydrogens is 431 g/mol. The van der Waals surface area contributed by atoms with Gasteiger partial charge in [0.05, 0.1) is 35.4 Å². The molecule has 1 aromatic heterocycles. The molecule has 0 aliphatic carbocycles. The molecule has 8 nitrogen and oxygen atoms in total. The lowest BCUT2D eigenvalue weighted by Gasteiger charge is -2.34. The molecule has 30 heavy (non-hydrogen) atoms. The number of rotatable bonds is 6. The van der Waals surface area contributed by atoms with Gasteiger partial charge in [-0.25, -0.2) is 4.79 Å². The number of halogens is 2. The van der Waals surface area contributed by atoms with Crippen LogP contribution in [0.5, 0.6) is 0 Å². The van der Waals surface area contributed by atoms with Gasteiger partial charge in [0.1, 0.15) is 5.76 Å². The molecule has 2 heterocycles. The van der Waals surface area contributed by atoms with E-state index in [1.165, 1.54) is 6.26 Å². The highest BCUT2D eigenvalue weighted by molar-refractivity contribution is 6.42. The Balaban J connectivity index is 1.52. The molecule has 1 fully saturated rings. The molecule has 3 rings (SSSR count). The van der Waals surface area contributed by atoms with Gasteiger partial charge in [0.15, 0.2) is 0 Å². The summed E-state index contributed by atoms with van der Waals surface area (Å²) in [6, 6.07) is 7.16. The quantitative estimate of drug-likeness (QED) is 0.622. The van der Waals surface area contributed by atoms with Crippen molar-refractivity contribution in [2.24, 2.45) is 0 Å². The minimum atomic E-state index is -0.620. The van der Waals surface area contributed by atoms with E-state index in [0.29, 0.717) is 34.5 Å². The van der Waals surface area contributed by atoms with Crippen molar-refractivity contribution in [2.75, 3.05) is 18.4 Å². The molecule has 1 saturated heterocycles. The summed E-state index contributed by atoms with van der Waals surface area (Å²) >= 11 is 11.9. The summed E-state index contributed by atoms with van der Waals surface area (Å²) in [6.07, 6.45) is 3.86. The lowest BCUT2D eigenvalue weighted by molar-refractivity contribution is -0.126. The summed E-state index contributed by atoms with van der Waals surface area (Å²) < 4.78 is 5.12. The van der Waals surface area contributed by atoms with Crippen LogP contribution in [0.4, 0.5) is 10.5 Å². The van der Waals surface area contributed by atoms with E-state index in [0.717, 1.165) is 12.8 Å². The Morgan fingerprint density at radius 1 is 1.13 bits per heavy atom. The topological polar surface area (TPSA) is 104 Å². The van der Waals surface area contributed by atoms with Gasteiger partial charge in [-0.3, -0.25) is 19.8 Å². The number of imide groups is 1. The Hall–Kier alpha value is -2.55. The molecule has 0 spiro atoms. The number of hydrogen-bond donors (Lipinski definition) is 3. The van der Waals surface area contributed by atoms with Gasteiger partial charge in [0.2, 0.25) is 11.8 Å². The van der Waals surface area contributed by atoms with Crippen LogP contribution < -0.4 is 16.0 Å². The number of benzene rings is 1. The molecule has 0 bridgehead atoms. The number of amides is 4. The first-order valence-corrected chi connectivity index (χ1v) is 10.3. The van der Waals surface area contributed by atoms with E-state index in [4.69, 9.17) is 27.6 Å². The molecule has 4 amide bonds. The number of carbonyl (C=O) groups is 3. The van der Waals surface area contributed by atoms with Crippen molar-refractivity contribution in [3.8, 4) is 0 Å². The van der Waals surface area contributed by atoms with Gasteiger partial charge in [0, 0.05) is 5.69 Å². The van der Waals surface area contributed by atoms with Crippen molar-refractivity contribution in [1.29, 1.82) is 0 Å². The average molecular weight is 453 g/mol. The second-order valence-corrected chi connectivity index (χ2v) is 7.72. The fourth-order valence-corrected chi connectivity index (χ4v) is 3.55. The number of likely N-dealkylation sites (tertiary alicyclic amines) is 1. The van der Waals surface area contributed by atoms with Crippen molar-refractivity contribution < 1.29 is 18.8 Å². The second-order valence-electron chi connectivity index (χ2n) is 6.91. The summed E-state index contributed by atoms with van der Waals surface area (Å²) in [5.74, 6) is -0.142. The molecule has 160 valence electrons. The lowest BCUT2D eigenvalue weighted by Crippen LogP contribution is -2.52. The van der Waals surface area contributed by atoms with Crippen LogP contribution in [-0.4, -0.2) is 41.9 Å². The Kier molecular flexibility index (Phi) is 7.73. The second kappa shape index (κ2) is 10.5. The molecule has 1 atom stereocenters. The van der Waals surface area contributed by atoms with Crippen LogP contribution in [-0.2, 0) is 16.1 Å². The number of nitrogens with one attached hydrogen (secondary N) is 3. The summed E-state index contributed by atoms with van der Waals surface area (Å²) in [5, 5.41) is 8.38. The van der Waals surface area contributed by atoms with E-state index in [9.17, 15) is 14.4 Å². The predicted molar refractivity (Wildman–Crippen MR) is 113 cm³/mol. The fraction of sp³-hybridized carbons (Fsp3) is 0.350. The van der Waals surface area contributed by atoms with Gasteiger partial charge in [-0.1, -0.05) is 29.6 Å². The summed E-state index contributed by atoms with van der Waals surface area (Å²) in [4.78, 5) is 38.7. The van der Waals surface area contributed by atoms with E-state index < -0.39 is 18.0 Å². The van der Waals surface area contributed by atoms with Crippen LogP contribution >= 0.6 is 23.2 Å². The molecule has 0 radical (unpaired) electrons. The highest BCUT2D eigenvalue weighted by Gasteiger charge is 2.30. The highest BCUT2D eigenvalue weighted by atomic mass is 35.5. The van der Waals surface area contributed by atoms with Crippen LogP contribution in [0, 0.1) is 0 Å². The highest BCUT2D eigenvalue weighted by Crippen LogP contribution is 2.26. The Labute approximate surface area is 183 Å². The summed E-state index contributed by atoms with van der Waals surface area (Å²) in [5.41, 5.74) is 0.529. The van der Waals surface area contributed by atoms with Crippen molar-refractivity contribution in [3.05, 3.63) is 52.4 Å². The standard InChI is InChI=1S/C20H22Cl2N4O4/c21-15-7-6-13(10-16(15)22)24-19(28)17-5-1-2-8-26(17)12-18(27)25-20(29)23-11-14-4-3-9-30-14/h3-4,6-7,9-10,17H,1-2,5,8,11-12H2,(H,24,28)(H2,23,25,27,29). The van der Waals surface area contributed by atoms with E-state index in [1.807, 2.05) is 0 Å². The van der Waals surface area contributed by atoms with E-state index >= 15 is 0 Å². The molecule has 1 unspecified atom stereocenters. The SMILES string of the molecule is O=C(CN1CCCCC1C(=O)Nc1ccc(Cl)c(Cl)c1)NC(=O)NCc1ccco1. The maximum atomic E-state index is 12.8. The largest absolute Gasteiger partial charge is 0.467 e. The van der Waals surface area contributed by atoms with Gasteiger partial charge in [0.25, 0.3) is 0 Å². The Bertz CT molecular complexity index is 904. The zero-order chi connectivity index (χ0) is 21.5. The zero-order valence-corrected chi connectivity index (χ0v) is 17.6. The number of anilines is 1. The van der Waals surface area contributed by atoms with Crippen LogP contribution in [0.1, 0.15) is 25.0 Å². The number of carbonyl (C=O) groups excluding carboxylic acids is 3. The average Bonchev–Trinajstić information content (AvgIpc) is 3.23. The first kappa shape index (κ1) is 22.1. The molecule has 0 saturated carbocycles. The van der Waals surface area contributed by atoms with Gasteiger partial charge in [-0.05, 0) is 49.7 Å². The van der Waals surface area contributed by atoms with Crippen LogP contribution in [0.2, 0.25) is 10.0 Å². The predicted octanol–water partition coefficient (Wildman–Crippen LogP) is 3.41. The number of urea groups is 1. The summed E-state index contributed by atoms with van der Waals surface area (Å²) in [6.45, 7) is 0.693. The van der Waals surface area contributed by atoms with Crippen LogP contribution in [0.25, 0.3) is 0 Å². The Morgan fingerprint density at radius 2 is 1.97 bits per heavy atom. The van der Waals surface area contributed by atoms with Gasteiger partial charge >= 0.3 is 6.03 Å². The van der Waals surface area contributed by atoms with Crippen molar-refractivity contribution in [1.82, 2.24) is 15.5 Å². The van der Waals surface area contributed by atoms with Crippen LogP contribution in [0.3, 0.4) is 0 Å². The van der Waals surface area contributed by atoms with Gasteiger partial charge in [-0.15, -0.1) is 0 Å². The first-order chi connectivity index (χ1) is 14.4. The maximum Gasteiger partial charge on any atom is 0.321 e. The Morgan fingerprint density at radius 3 is 2.70 bits per heavy atom. The molecule has 1 aliphatic rings. The lowest BCUT2D eigenvalue weighted by atomic mass is 10.0. The van der Waals surface area contributed by atoms with Gasteiger partial charge in [-0.2, -0.15) is 0 Å².